The lowest BCUT2D eigenvalue weighted by atomic mass is 9.98. The highest BCUT2D eigenvalue weighted by molar-refractivity contribution is 5.75. The maximum Gasteiger partial charge on any atom is 0.317 e. The lowest BCUT2D eigenvalue weighted by Gasteiger charge is -2.37. The highest BCUT2D eigenvalue weighted by Crippen LogP contribution is 2.30. The van der Waals surface area contributed by atoms with Gasteiger partial charge >= 0.3 is 6.03 Å². The van der Waals surface area contributed by atoms with Gasteiger partial charge in [0.2, 0.25) is 0 Å². The van der Waals surface area contributed by atoms with Crippen LogP contribution in [0.2, 0.25) is 0 Å². The molecule has 108 valence electrons. The third kappa shape index (κ3) is 2.88. The number of amides is 2. The molecule has 0 aromatic carbocycles. The van der Waals surface area contributed by atoms with Crippen LogP contribution in [0.3, 0.4) is 0 Å². The number of fused-ring (bicyclic) bond motifs is 2. The lowest BCUT2D eigenvalue weighted by molar-refractivity contribution is 0.148. The zero-order valence-corrected chi connectivity index (χ0v) is 12.0. The van der Waals surface area contributed by atoms with E-state index in [1.807, 2.05) is 0 Å². The summed E-state index contributed by atoms with van der Waals surface area (Å²) in [6, 6.07) is 2.36. The van der Waals surface area contributed by atoms with E-state index in [-0.39, 0.29) is 6.03 Å². The van der Waals surface area contributed by atoms with Crippen molar-refractivity contribution >= 4 is 6.03 Å². The topological polar surface area (TPSA) is 44.4 Å². The van der Waals surface area contributed by atoms with E-state index in [1.165, 1.54) is 38.5 Å². The molecule has 0 aromatic heterocycles. The van der Waals surface area contributed by atoms with Crippen LogP contribution in [0.15, 0.2) is 0 Å². The Kier molecular flexibility index (Phi) is 3.96. The van der Waals surface area contributed by atoms with Crippen LogP contribution in [0.4, 0.5) is 4.79 Å². The van der Waals surface area contributed by atoms with E-state index in [1.54, 1.807) is 0 Å². The smallest absolute Gasteiger partial charge is 0.317 e. The molecule has 3 fully saturated rings. The minimum Gasteiger partial charge on any atom is -0.335 e. The molecule has 2 amide bonds. The summed E-state index contributed by atoms with van der Waals surface area (Å²) >= 11 is 0. The Bertz CT molecular complexity index is 315. The zero-order chi connectivity index (χ0) is 13.2. The Morgan fingerprint density at radius 1 is 1.16 bits per heavy atom. The maximum atomic E-state index is 12.5. The van der Waals surface area contributed by atoms with Crippen molar-refractivity contribution in [1.82, 2.24) is 15.5 Å². The van der Waals surface area contributed by atoms with Crippen molar-refractivity contribution in [2.75, 3.05) is 6.54 Å². The van der Waals surface area contributed by atoms with Crippen LogP contribution in [-0.2, 0) is 0 Å². The SMILES string of the molecule is CCN(C(=O)NC1CCCC1)C1CC2CCC(C1)N2. The van der Waals surface area contributed by atoms with Gasteiger partial charge in [0, 0.05) is 30.7 Å². The Labute approximate surface area is 116 Å². The molecule has 3 rings (SSSR count). The van der Waals surface area contributed by atoms with Crippen molar-refractivity contribution in [2.24, 2.45) is 0 Å². The molecular weight excluding hydrogens is 238 g/mol. The van der Waals surface area contributed by atoms with E-state index in [2.05, 4.69) is 22.5 Å². The number of hydrogen-bond acceptors (Lipinski definition) is 2. The normalized spacial score (nSPS) is 34.5. The molecule has 2 heterocycles. The summed E-state index contributed by atoms with van der Waals surface area (Å²) in [5.74, 6) is 0. The second-order valence-electron chi connectivity index (χ2n) is 6.48. The van der Waals surface area contributed by atoms with E-state index in [0.717, 1.165) is 19.4 Å². The predicted molar refractivity (Wildman–Crippen MR) is 76.1 cm³/mol. The second-order valence-corrected chi connectivity index (χ2v) is 6.48. The van der Waals surface area contributed by atoms with Gasteiger partial charge < -0.3 is 15.5 Å². The molecule has 2 bridgehead atoms. The molecule has 0 spiro atoms. The molecule has 2 atom stereocenters. The van der Waals surface area contributed by atoms with Crippen molar-refractivity contribution < 1.29 is 4.79 Å². The van der Waals surface area contributed by atoms with Crippen LogP contribution in [0.1, 0.15) is 58.3 Å². The molecule has 1 aliphatic carbocycles. The monoisotopic (exact) mass is 265 g/mol. The van der Waals surface area contributed by atoms with Gasteiger partial charge in [0.25, 0.3) is 0 Å². The Morgan fingerprint density at radius 2 is 1.79 bits per heavy atom. The number of rotatable bonds is 3. The molecule has 19 heavy (non-hydrogen) atoms. The van der Waals surface area contributed by atoms with Gasteiger partial charge in [-0.2, -0.15) is 0 Å². The number of nitrogens with one attached hydrogen (secondary N) is 2. The Hall–Kier alpha value is -0.770. The number of hydrogen-bond donors (Lipinski definition) is 2. The highest BCUT2D eigenvalue weighted by atomic mass is 16.2. The number of urea groups is 1. The minimum absolute atomic E-state index is 0.181. The third-order valence-corrected chi connectivity index (χ3v) is 5.17. The summed E-state index contributed by atoms with van der Waals surface area (Å²) in [5.41, 5.74) is 0. The van der Waals surface area contributed by atoms with Crippen molar-refractivity contribution in [1.29, 1.82) is 0 Å². The van der Waals surface area contributed by atoms with Crippen LogP contribution >= 0.6 is 0 Å². The van der Waals surface area contributed by atoms with Gasteiger partial charge in [-0.25, -0.2) is 4.79 Å². The summed E-state index contributed by atoms with van der Waals surface area (Å²) in [4.78, 5) is 14.5. The number of carbonyl (C=O) groups excluding carboxylic acids is 1. The molecule has 4 heteroatoms. The van der Waals surface area contributed by atoms with Gasteiger partial charge in [-0.05, 0) is 45.4 Å². The molecule has 2 aliphatic heterocycles. The quantitative estimate of drug-likeness (QED) is 0.822. The van der Waals surface area contributed by atoms with Gasteiger partial charge in [0.1, 0.15) is 0 Å². The van der Waals surface area contributed by atoms with Crippen LogP contribution < -0.4 is 10.6 Å². The summed E-state index contributed by atoms with van der Waals surface area (Å²) in [6.07, 6.45) is 9.75. The molecule has 3 aliphatic rings. The molecule has 2 unspecified atom stereocenters. The van der Waals surface area contributed by atoms with E-state index in [0.29, 0.717) is 24.2 Å². The summed E-state index contributed by atoms with van der Waals surface area (Å²) in [7, 11) is 0. The molecule has 1 saturated carbocycles. The van der Waals surface area contributed by atoms with Crippen molar-refractivity contribution in [3.8, 4) is 0 Å². The van der Waals surface area contributed by atoms with Crippen LogP contribution in [0.25, 0.3) is 0 Å². The van der Waals surface area contributed by atoms with E-state index in [4.69, 9.17) is 0 Å². The van der Waals surface area contributed by atoms with Crippen molar-refractivity contribution in [2.45, 2.75) is 82.5 Å². The van der Waals surface area contributed by atoms with Crippen molar-refractivity contribution in [3.63, 3.8) is 0 Å². The first-order valence-corrected chi connectivity index (χ1v) is 8.09. The van der Waals surface area contributed by atoms with Crippen molar-refractivity contribution in [3.05, 3.63) is 0 Å². The standard InChI is InChI=1S/C15H27N3O/c1-2-18(15(19)17-11-5-3-4-6-11)14-9-12-7-8-13(10-14)16-12/h11-14,16H,2-10H2,1H3,(H,17,19). The highest BCUT2D eigenvalue weighted by Gasteiger charge is 2.37. The molecule has 2 saturated heterocycles. The number of carbonyl (C=O) groups is 1. The van der Waals surface area contributed by atoms with E-state index in [9.17, 15) is 4.79 Å². The summed E-state index contributed by atoms with van der Waals surface area (Å²) in [6.45, 7) is 2.95. The number of nitrogens with zero attached hydrogens (tertiary/aromatic N) is 1. The molecule has 0 radical (unpaired) electrons. The van der Waals surface area contributed by atoms with Crippen LogP contribution in [-0.4, -0.2) is 41.6 Å². The fourth-order valence-corrected chi connectivity index (χ4v) is 4.18. The maximum absolute atomic E-state index is 12.5. The first-order valence-electron chi connectivity index (χ1n) is 8.09. The van der Waals surface area contributed by atoms with Gasteiger partial charge in [-0.1, -0.05) is 12.8 Å². The largest absolute Gasteiger partial charge is 0.335 e. The van der Waals surface area contributed by atoms with E-state index < -0.39 is 0 Å². The molecule has 4 nitrogen and oxygen atoms in total. The average molecular weight is 265 g/mol. The van der Waals surface area contributed by atoms with Gasteiger partial charge in [-0.15, -0.1) is 0 Å². The van der Waals surface area contributed by atoms with E-state index >= 15 is 0 Å². The predicted octanol–water partition coefficient (Wildman–Crippen LogP) is 2.24. The lowest BCUT2D eigenvalue weighted by Crippen LogP contribution is -2.54. The van der Waals surface area contributed by atoms with Gasteiger partial charge in [0.05, 0.1) is 0 Å². The van der Waals surface area contributed by atoms with Gasteiger partial charge in [-0.3, -0.25) is 0 Å². The molecular formula is C15H27N3O. The average Bonchev–Trinajstić information content (AvgIpc) is 3.00. The fourth-order valence-electron chi connectivity index (χ4n) is 4.18. The Balaban J connectivity index is 1.58. The molecule has 2 N–H and O–H groups in total. The summed E-state index contributed by atoms with van der Waals surface area (Å²) in [5, 5.41) is 6.90. The first kappa shape index (κ1) is 13.2. The first-order chi connectivity index (χ1) is 9.26. The molecule has 0 aromatic rings. The van der Waals surface area contributed by atoms with Crippen LogP contribution in [0, 0.1) is 0 Å². The minimum atomic E-state index is 0.181. The fraction of sp³-hybridized carbons (Fsp3) is 0.933. The van der Waals surface area contributed by atoms with Crippen LogP contribution in [0.5, 0.6) is 0 Å². The number of piperidine rings is 1. The summed E-state index contributed by atoms with van der Waals surface area (Å²) < 4.78 is 0. The van der Waals surface area contributed by atoms with Gasteiger partial charge in [0.15, 0.2) is 0 Å². The Morgan fingerprint density at radius 3 is 2.37 bits per heavy atom. The second kappa shape index (κ2) is 5.70. The zero-order valence-electron chi connectivity index (χ0n) is 12.0. The third-order valence-electron chi connectivity index (χ3n) is 5.17.